The molecule has 1 aliphatic rings. The first kappa shape index (κ1) is 66.2. The summed E-state index contributed by atoms with van der Waals surface area (Å²) in [7, 11) is 4.63. The summed E-state index contributed by atoms with van der Waals surface area (Å²) in [5.41, 5.74) is 26.7. The van der Waals surface area contributed by atoms with E-state index in [2.05, 4.69) is 343 Å². The van der Waals surface area contributed by atoms with Gasteiger partial charge in [0.15, 0.2) is 0 Å². The van der Waals surface area contributed by atoms with Crippen LogP contribution in [0.5, 0.6) is 0 Å². The van der Waals surface area contributed by atoms with Crippen LogP contribution in [0.15, 0.2) is 156 Å². The second kappa shape index (κ2) is 22.7. The Morgan fingerprint density at radius 2 is 0.761 bits per heavy atom. The van der Waals surface area contributed by atoms with Crippen LogP contribution in [-0.2, 0) is 50.7 Å². The summed E-state index contributed by atoms with van der Waals surface area (Å²) in [5.74, 6) is 0. The Balaban J connectivity index is 1.49. The Morgan fingerprint density at radius 3 is 1.16 bits per heavy atom. The van der Waals surface area contributed by atoms with Crippen LogP contribution < -0.4 is 14.7 Å². The summed E-state index contributed by atoms with van der Waals surface area (Å²) in [6, 6.07) is 50.9. The molecule has 0 amide bonds. The number of hydrogen-bond acceptors (Lipinski definition) is 3. The highest BCUT2D eigenvalue weighted by Crippen LogP contribution is 2.60. The zero-order valence-corrected chi connectivity index (χ0v) is 62.1. The van der Waals surface area contributed by atoms with E-state index in [1.165, 1.54) is 82.9 Å². The van der Waals surface area contributed by atoms with Gasteiger partial charge in [-0.1, -0.05) is 218 Å². The fourth-order valence-electron chi connectivity index (χ4n) is 14.0. The van der Waals surface area contributed by atoms with E-state index < -0.39 is 0 Å². The number of benzene rings is 8. The minimum atomic E-state index is -0.104. The van der Waals surface area contributed by atoms with E-state index >= 15 is 0 Å². The topological polar surface area (TPSA) is 19.6 Å². The van der Waals surface area contributed by atoms with Gasteiger partial charge in [0.1, 0.15) is 0 Å². The molecule has 1 aliphatic heterocycles. The highest BCUT2D eigenvalue weighted by atomic mass is 79.9. The highest BCUT2D eigenvalue weighted by Gasteiger charge is 2.39. The van der Waals surface area contributed by atoms with Gasteiger partial charge in [0.25, 0.3) is 0 Å². The first-order valence-electron chi connectivity index (χ1n) is 33.6. The number of aryl methyl sites for hydroxylation is 1. The molecule has 5 nitrogen and oxygen atoms in total. The van der Waals surface area contributed by atoms with Crippen LogP contribution in [0.25, 0.3) is 55.0 Å². The summed E-state index contributed by atoms with van der Waals surface area (Å²) < 4.78 is 6.29. The lowest BCUT2D eigenvalue weighted by molar-refractivity contribution is 0.589. The molecule has 11 rings (SSSR count). The molecule has 3 heterocycles. The molecule has 0 radical (unpaired) electrons. The number of allylic oxidation sites excluding steroid dienone is 3. The molecule has 0 aliphatic carbocycles. The molecule has 0 saturated carbocycles. The second-order valence-corrected chi connectivity index (χ2v) is 34.9. The third-order valence-corrected chi connectivity index (χ3v) is 20.7. The largest absolute Gasteiger partial charge is 0.342 e. The van der Waals surface area contributed by atoms with Gasteiger partial charge in [-0.3, -0.25) is 0 Å². The smallest absolute Gasteiger partial charge is 0.0984 e. The molecule has 8 aromatic carbocycles. The maximum Gasteiger partial charge on any atom is 0.0984 e. The van der Waals surface area contributed by atoms with Crippen LogP contribution in [0.3, 0.4) is 0 Å². The van der Waals surface area contributed by atoms with Crippen molar-refractivity contribution in [3.05, 3.63) is 212 Å². The summed E-state index contributed by atoms with van der Waals surface area (Å²) in [6.45, 7) is 58.1. The van der Waals surface area contributed by atoms with Gasteiger partial charge in [-0.2, -0.15) is 0 Å². The number of anilines is 6. The van der Waals surface area contributed by atoms with E-state index in [1.54, 1.807) is 0 Å². The SMILES string of the molecule is C=CCc1cc(C(C)(C)C)ccc1N(C)c1c(N(C)c2ccc(C(C)(C)C)cc2C)c(Br)c(-n2c3ccc(C(C)(C)C)cc3c3cc(C(C)(C)C)ccc32)c(-n2c3ccc(C(C)(C)C)cc3c3cc(C(C)(C)C)ccc32)c1N1C(C)=CCc2cc(C(C)(C)C)ccc21. The van der Waals surface area contributed by atoms with E-state index in [-0.39, 0.29) is 37.9 Å². The maximum absolute atomic E-state index is 4.84. The third kappa shape index (κ3) is 11.7. The maximum atomic E-state index is 4.84. The number of hydrogen-bond donors (Lipinski definition) is 0. The van der Waals surface area contributed by atoms with E-state index in [0.29, 0.717) is 6.42 Å². The zero-order valence-electron chi connectivity index (χ0n) is 60.5. The van der Waals surface area contributed by atoms with E-state index in [9.17, 15) is 0 Å². The zero-order chi connectivity index (χ0) is 67.2. The number of aromatic nitrogens is 2. The average molecular weight is 1290 g/mol. The molecule has 10 aromatic rings. The van der Waals surface area contributed by atoms with Crippen molar-refractivity contribution in [2.75, 3.05) is 28.8 Å². The standard InChI is InChI=1S/C86H104BrN5/c1-27-28-54-46-57(81(7,8)9)32-39-68(54)89(26)77-75(88(25)67-38-31-56(45-52(67)2)80(4,5)6)74(87)76(91-70-41-34-59(83(13,14)15)48-63(70)64-49-60(84(16,17)18)35-42-71(64)91)78(79(77)90-53(3)29-30-55-47-58(82(10,11)12)33-40-69(55)90)92-72-43-36-61(85(19,20)21)50-65(72)66-51-62(86(22,23)24)37-44-73(66)92/h27,29,31-51H,1,28,30H2,2-26H3. The van der Waals surface area contributed by atoms with Crippen LogP contribution in [-0.4, -0.2) is 23.2 Å². The van der Waals surface area contributed by atoms with Crippen LogP contribution in [0, 0.1) is 6.92 Å². The molecule has 480 valence electrons. The van der Waals surface area contributed by atoms with Gasteiger partial charge in [-0.25, -0.2) is 0 Å². The van der Waals surface area contributed by atoms with Gasteiger partial charge in [-0.05, 0) is 203 Å². The van der Waals surface area contributed by atoms with Crippen molar-refractivity contribution in [1.29, 1.82) is 0 Å². The summed E-state index contributed by atoms with van der Waals surface area (Å²) in [5, 5.41) is 4.93. The van der Waals surface area contributed by atoms with Gasteiger partial charge in [-0.15, -0.1) is 6.58 Å². The monoisotopic (exact) mass is 1290 g/mol. The molecule has 0 saturated heterocycles. The fraction of sp³-hybridized carbons (Fsp3) is 0.395. The molecule has 0 bridgehead atoms. The normalized spacial score (nSPS) is 13.8. The molecule has 0 spiro atoms. The van der Waals surface area contributed by atoms with Crippen LogP contribution in [0.2, 0.25) is 0 Å². The van der Waals surface area contributed by atoms with Crippen molar-refractivity contribution < 1.29 is 0 Å². The van der Waals surface area contributed by atoms with E-state index in [1.807, 2.05) is 0 Å². The van der Waals surface area contributed by atoms with Crippen LogP contribution >= 0.6 is 15.9 Å². The second-order valence-electron chi connectivity index (χ2n) is 34.1. The molecular formula is C86H104BrN5. The molecular weight excluding hydrogens is 1180 g/mol. The van der Waals surface area contributed by atoms with Gasteiger partial charge >= 0.3 is 0 Å². The van der Waals surface area contributed by atoms with Crippen molar-refractivity contribution in [2.24, 2.45) is 0 Å². The lowest BCUT2D eigenvalue weighted by Crippen LogP contribution is -2.28. The number of rotatable bonds is 9. The van der Waals surface area contributed by atoms with Gasteiger partial charge in [0.05, 0.1) is 55.0 Å². The Labute approximate surface area is 561 Å². The molecule has 0 unspecified atom stereocenters. The predicted molar refractivity (Wildman–Crippen MR) is 407 cm³/mol. The van der Waals surface area contributed by atoms with Gasteiger partial charge < -0.3 is 23.8 Å². The lowest BCUT2D eigenvalue weighted by atomic mass is 9.84. The van der Waals surface area contributed by atoms with Crippen molar-refractivity contribution in [2.45, 2.75) is 210 Å². The Morgan fingerprint density at radius 1 is 0.413 bits per heavy atom. The summed E-state index contributed by atoms with van der Waals surface area (Å²) >= 11 is 4.84. The van der Waals surface area contributed by atoms with Gasteiger partial charge in [0, 0.05) is 58.4 Å². The quantitative estimate of drug-likeness (QED) is 0.134. The summed E-state index contributed by atoms with van der Waals surface area (Å²) in [4.78, 5) is 7.69. The van der Waals surface area contributed by atoms with Crippen molar-refractivity contribution in [1.82, 2.24) is 9.13 Å². The molecule has 0 fully saturated rings. The first-order chi connectivity index (χ1) is 42.6. The average Bonchev–Trinajstić information content (AvgIpc) is 1.36. The number of fused-ring (bicyclic) bond motifs is 7. The molecule has 0 N–H and O–H groups in total. The van der Waals surface area contributed by atoms with E-state index in [0.717, 1.165) is 78.5 Å². The number of nitrogens with zero attached hydrogens (tertiary/aromatic N) is 5. The Kier molecular flexibility index (Phi) is 16.4. The van der Waals surface area contributed by atoms with Crippen LogP contribution in [0.1, 0.15) is 208 Å². The van der Waals surface area contributed by atoms with E-state index in [4.69, 9.17) is 15.9 Å². The van der Waals surface area contributed by atoms with Crippen molar-refractivity contribution >= 4 is 93.7 Å². The first-order valence-corrected chi connectivity index (χ1v) is 34.4. The Hall–Kier alpha value is -7.28. The predicted octanol–water partition coefficient (Wildman–Crippen LogP) is 24.9. The minimum Gasteiger partial charge on any atom is -0.342 e. The third-order valence-electron chi connectivity index (χ3n) is 19.9. The van der Waals surface area contributed by atoms with Crippen LogP contribution in [0.4, 0.5) is 34.1 Å². The Bertz CT molecular complexity index is 4490. The van der Waals surface area contributed by atoms with Crippen molar-refractivity contribution in [3.63, 3.8) is 0 Å². The fourth-order valence-corrected chi connectivity index (χ4v) is 14.8. The molecule has 2 aromatic heterocycles. The minimum absolute atomic E-state index is 0.0468. The van der Waals surface area contributed by atoms with Gasteiger partial charge in [0.2, 0.25) is 0 Å². The molecule has 0 atom stereocenters. The summed E-state index contributed by atoms with van der Waals surface area (Å²) in [6.07, 6.45) is 6.06. The molecule has 6 heteroatoms. The highest BCUT2D eigenvalue weighted by molar-refractivity contribution is 9.10. The molecule has 92 heavy (non-hydrogen) atoms. The number of halogens is 1. The lowest BCUT2D eigenvalue weighted by Gasteiger charge is -2.41. The van der Waals surface area contributed by atoms with Crippen molar-refractivity contribution in [3.8, 4) is 11.4 Å².